The normalized spacial score (nSPS) is 10.3. The highest BCUT2D eigenvalue weighted by molar-refractivity contribution is 7.10. The van der Waals surface area contributed by atoms with Gasteiger partial charge in [0.15, 0.2) is 5.78 Å². The summed E-state index contributed by atoms with van der Waals surface area (Å²) in [4.78, 5) is 12.7. The minimum absolute atomic E-state index is 0.241. The van der Waals surface area contributed by atoms with Gasteiger partial charge in [-0.3, -0.25) is 4.79 Å². The Morgan fingerprint density at radius 1 is 1.62 bits per heavy atom. The van der Waals surface area contributed by atoms with Gasteiger partial charge in [-0.1, -0.05) is 6.92 Å². The first-order valence-electron chi connectivity index (χ1n) is 4.53. The average Bonchev–Trinajstić information content (AvgIpc) is 2.52. The molecular weight excluding hydrogens is 182 g/mol. The summed E-state index contributed by atoms with van der Waals surface area (Å²) in [5.41, 5.74) is 0.861. The number of hydrogen-bond acceptors (Lipinski definition) is 3. The molecule has 0 aliphatic rings. The second-order valence-corrected chi connectivity index (χ2v) is 4.09. The highest BCUT2D eigenvalue weighted by Crippen LogP contribution is 2.14. The molecule has 3 heteroatoms. The summed E-state index contributed by atoms with van der Waals surface area (Å²) < 4.78 is 0. The van der Waals surface area contributed by atoms with Crippen LogP contribution in [0.2, 0.25) is 0 Å². The van der Waals surface area contributed by atoms with Crippen LogP contribution in [-0.4, -0.2) is 18.9 Å². The van der Waals surface area contributed by atoms with E-state index in [0.717, 1.165) is 18.7 Å². The number of hydrogen-bond donors (Lipinski definition) is 1. The molecule has 0 unspecified atom stereocenters. The Bertz CT molecular complexity index is 280. The van der Waals surface area contributed by atoms with Crippen molar-refractivity contribution >= 4 is 17.1 Å². The SMILES string of the molecule is CCNCCC(=O)c1csc(C)c1. The van der Waals surface area contributed by atoms with E-state index in [1.807, 2.05) is 25.3 Å². The molecule has 0 radical (unpaired) electrons. The lowest BCUT2D eigenvalue weighted by Crippen LogP contribution is -2.17. The lowest BCUT2D eigenvalue weighted by atomic mass is 10.1. The highest BCUT2D eigenvalue weighted by atomic mass is 32.1. The summed E-state index contributed by atoms with van der Waals surface area (Å²) in [5.74, 6) is 0.241. The summed E-state index contributed by atoms with van der Waals surface area (Å²) in [6.45, 7) is 5.77. The molecule has 1 aromatic rings. The zero-order valence-electron chi connectivity index (χ0n) is 8.09. The van der Waals surface area contributed by atoms with E-state index in [0.29, 0.717) is 6.42 Å². The summed E-state index contributed by atoms with van der Waals surface area (Å²) >= 11 is 1.63. The van der Waals surface area contributed by atoms with Crippen LogP contribution in [0.3, 0.4) is 0 Å². The van der Waals surface area contributed by atoms with Crippen molar-refractivity contribution < 1.29 is 4.79 Å². The van der Waals surface area contributed by atoms with Crippen LogP contribution in [0.15, 0.2) is 11.4 Å². The number of aryl methyl sites for hydroxylation is 1. The molecule has 0 saturated heterocycles. The van der Waals surface area contributed by atoms with Crippen LogP contribution < -0.4 is 5.32 Å². The van der Waals surface area contributed by atoms with Crippen LogP contribution in [0, 0.1) is 6.92 Å². The van der Waals surface area contributed by atoms with E-state index >= 15 is 0 Å². The molecule has 0 saturated carbocycles. The average molecular weight is 197 g/mol. The Kier molecular flexibility index (Phi) is 4.12. The number of rotatable bonds is 5. The minimum Gasteiger partial charge on any atom is -0.317 e. The van der Waals surface area contributed by atoms with Crippen molar-refractivity contribution in [3.8, 4) is 0 Å². The van der Waals surface area contributed by atoms with Crippen LogP contribution in [0.5, 0.6) is 0 Å². The number of ketones is 1. The fourth-order valence-electron chi connectivity index (χ4n) is 1.11. The van der Waals surface area contributed by atoms with Crippen molar-refractivity contribution in [3.05, 3.63) is 21.9 Å². The van der Waals surface area contributed by atoms with Gasteiger partial charge in [0, 0.05) is 28.8 Å². The van der Waals surface area contributed by atoms with Gasteiger partial charge in [0.2, 0.25) is 0 Å². The Balaban J connectivity index is 2.40. The summed E-state index contributed by atoms with van der Waals surface area (Å²) in [6, 6.07) is 1.96. The number of nitrogens with one attached hydrogen (secondary N) is 1. The van der Waals surface area contributed by atoms with E-state index < -0.39 is 0 Å². The molecule has 0 fully saturated rings. The van der Waals surface area contributed by atoms with E-state index in [1.54, 1.807) is 11.3 Å². The van der Waals surface area contributed by atoms with Crippen molar-refractivity contribution in [2.45, 2.75) is 20.3 Å². The van der Waals surface area contributed by atoms with Gasteiger partial charge in [0.1, 0.15) is 0 Å². The van der Waals surface area contributed by atoms with Crippen LogP contribution in [0.4, 0.5) is 0 Å². The molecule has 0 aliphatic heterocycles. The smallest absolute Gasteiger partial charge is 0.164 e. The molecular formula is C10H15NOS. The lowest BCUT2D eigenvalue weighted by molar-refractivity contribution is 0.0983. The van der Waals surface area contributed by atoms with Gasteiger partial charge in [-0.2, -0.15) is 0 Å². The van der Waals surface area contributed by atoms with Gasteiger partial charge in [-0.15, -0.1) is 11.3 Å². The van der Waals surface area contributed by atoms with Gasteiger partial charge in [0.05, 0.1) is 0 Å². The number of carbonyl (C=O) groups excluding carboxylic acids is 1. The van der Waals surface area contributed by atoms with Crippen LogP contribution in [0.1, 0.15) is 28.6 Å². The first-order valence-corrected chi connectivity index (χ1v) is 5.41. The summed E-state index contributed by atoms with van der Waals surface area (Å²) in [6.07, 6.45) is 0.601. The zero-order valence-corrected chi connectivity index (χ0v) is 8.91. The second kappa shape index (κ2) is 5.14. The fraction of sp³-hybridized carbons (Fsp3) is 0.500. The third-order valence-corrected chi connectivity index (χ3v) is 2.69. The van der Waals surface area contributed by atoms with Gasteiger partial charge in [0.25, 0.3) is 0 Å². The quantitative estimate of drug-likeness (QED) is 0.579. The molecule has 0 bridgehead atoms. The van der Waals surface area contributed by atoms with Gasteiger partial charge >= 0.3 is 0 Å². The highest BCUT2D eigenvalue weighted by Gasteiger charge is 2.06. The topological polar surface area (TPSA) is 29.1 Å². The lowest BCUT2D eigenvalue weighted by Gasteiger charge is -1.98. The summed E-state index contributed by atoms with van der Waals surface area (Å²) in [5, 5.41) is 5.07. The number of thiophene rings is 1. The van der Waals surface area contributed by atoms with Crippen molar-refractivity contribution in [1.29, 1.82) is 0 Å². The van der Waals surface area contributed by atoms with E-state index in [9.17, 15) is 4.79 Å². The van der Waals surface area contributed by atoms with Crippen LogP contribution >= 0.6 is 11.3 Å². The van der Waals surface area contributed by atoms with E-state index in [1.165, 1.54) is 4.88 Å². The molecule has 1 heterocycles. The Hall–Kier alpha value is -0.670. The third-order valence-electron chi connectivity index (χ3n) is 1.83. The van der Waals surface area contributed by atoms with Crippen molar-refractivity contribution in [2.24, 2.45) is 0 Å². The van der Waals surface area contributed by atoms with Crippen LogP contribution in [0.25, 0.3) is 0 Å². The first-order chi connectivity index (χ1) is 6.24. The first kappa shape index (κ1) is 10.4. The fourth-order valence-corrected chi connectivity index (χ4v) is 1.82. The third kappa shape index (κ3) is 3.28. The van der Waals surface area contributed by atoms with Gasteiger partial charge in [-0.05, 0) is 19.5 Å². The molecule has 0 spiro atoms. The van der Waals surface area contributed by atoms with Gasteiger partial charge < -0.3 is 5.32 Å². The van der Waals surface area contributed by atoms with Gasteiger partial charge in [-0.25, -0.2) is 0 Å². The Morgan fingerprint density at radius 3 is 2.92 bits per heavy atom. The Morgan fingerprint density at radius 2 is 2.38 bits per heavy atom. The monoisotopic (exact) mass is 197 g/mol. The largest absolute Gasteiger partial charge is 0.317 e. The molecule has 72 valence electrons. The molecule has 0 aliphatic carbocycles. The maximum absolute atomic E-state index is 11.5. The molecule has 1 rings (SSSR count). The maximum Gasteiger partial charge on any atom is 0.164 e. The molecule has 0 aromatic carbocycles. The predicted octanol–water partition coefficient (Wildman–Crippen LogP) is 2.24. The number of Topliss-reactive ketones (excluding diaryl/α,β-unsaturated/α-hetero) is 1. The molecule has 2 nitrogen and oxygen atoms in total. The minimum atomic E-state index is 0.241. The van der Waals surface area contributed by atoms with Crippen molar-refractivity contribution in [3.63, 3.8) is 0 Å². The summed E-state index contributed by atoms with van der Waals surface area (Å²) in [7, 11) is 0. The van der Waals surface area contributed by atoms with Crippen LogP contribution in [-0.2, 0) is 0 Å². The zero-order chi connectivity index (χ0) is 9.68. The van der Waals surface area contributed by atoms with E-state index in [4.69, 9.17) is 0 Å². The molecule has 1 aromatic heterocycles. The maximum atomic E-state index is 11.5. The molecule has 0 amide bonds. The molecule has 1 N–H and O–H groups in total. The standard InChI is InChI=1S/C10H15NOS/c1-3-11-5-4-10(12)9-6-8(2)13-7-9/h6-7,11H,3-5H2,1-2H3. The number of carbonyl (C=O) groups is 1. The van der Waals surface area contributed by atoms with Crippen molar-refractivity contribution in [1.82, 2.24) is 5.32 Å². The van der Waals surface area contributed by atoms with E-state index in [2.05, 4.69) is 5.32 Å². The Labute approximate surface area is 83.0 Å². The van der Waals surface area contributed by atoms with E-state index in [-0.39, 0.29) is 5.78 Å². The predicted molar refractivity (Wildman–Crippen MR) is 56.5 cm³/mol. The second-order valence-electron chi connectivity index (χ2n) is 2.97. The van der Waals surface area contributed by atoms with Crippen molar-refractivity contribution in [2.75, 3.05) is 13.1 Å². The molecule has 13 heavy (non-hydrogen) atoms. The molecule has 0 atom stereocenters.